The van der Waals surface area contributed by atoms with Crippen LogP contribution in [0.1, 0.15) is 32.6 Å². The van der Waals surface area contributed by atoms with Gasteiger partial charge in [0.15, 0.2) is 0 Å². The van der Waals surface area contributed by atoms with Gasteiger partial charge in [0.1, 0.15) is 0 Å². The third kappa shape index (κ3) is 1.52. The highest BCUT2D eigenvalue weighted by Gasteiger charge is 2.39. The number of nitrogens with zero attached hydrogens (tertiary/aromatic N) is 1. The van der Waals surface area contributed by atoms with E-state index in [1.165, 1.54) is 32.4 Å². The molecule has 0 heterocycles. The lowest BCUT2D eigenvalue weighted by molar-refractivity contribution is 0.227. The third-order valence-corrected chi connectivity index (χ3v) is 3.97. The van der Waals surface area contributed by atoms with Crippen molar-refractivity contribution in [2.24, 2.45) is 17.8 Å². The van der Waals surface area contributed by atoms with Crippen LogP contribution in [0.5, 0.6) is 0 Å². The topological polar surface area (TPSA) is 3.24 Å². The van der Waals surface area contributed by atoms with Gasteiger partial charge in [0.25, 0.3) is 0 Å². The van der Waals surface area contributed by atoms with Crippen LogP contribution in [0.4, 0.5) is 0 Å². The van der Waals surface area contributed by atoms with Gasteiger partial charge in [-0.2, -0.15) is 0 Å². The summed E-state index contributed by atoms with van der Waals surface area (Å²) in [5, 5.41) is 0. The molecule has 0 radical (unpaired) electrons. The van der Waals surface area contributed by atoms with Crippen molar-refractivity contribution in [1.29, 1.82) is 0 Å². The number of hydrogen-bond donors (Lipinski definition) is 0. The van der Waals surface area contributed by atoms with Gasteiger partial charge in [-0.15, -0.1) is 0 Å². The monoisotopic (exact) mass is 167 g/mol. The fraction of sp³-hybridized carbons (Fsp3) is 1.00. The lowest BCUT2D eigenvalue weighted by atomic mass is 9.88. The summed E-state index contributed by atoms with van der Waals surface area (Å²) in [6, 6.07) is 0. The Labute approximate surface area is 76.1 Å². The summed E-state index contributed by atoms with van der Waals surface area (Å²) >= 11 is 0. The van der Waals surface area contributed by atoms with Gasteiger partial charge in [0.05, 0.1) is 0 Å². The predicted molar refractivity (Wildman–Crippen MR) is 52.1 cm³/mol. The minimum Gasteiger partial charge on any atom is -0.306 e. The number of fused-ring (bicyclic) bond motifs is 2. The fourth-order valence-corrected chi connectivity index (χ4v) is 3.13. The van der Waals surface area contributed by atoms with Crippen LogP contribution in [-0.4, -0.2) is 25.0 Å². The summed E-state index contributed by atoms with van der Waals surface area (Å²) in [6.07, 6.45) is 6.17. The van der Waals surface area contributed by atoms with Crippen LogP contribution < -0.4 is 0 Å². The van der Waals surface area contributed by atoms with Gasteiger partial charge < -0.3 is 4.90 Å². The molecule has 1 nitrogen and oxygen atoms in total. The Kier molecular flexibility index (Phi) is 2.40. The van der Waals surface area contributed by atoms with Crippen LogP contribution in [0.2, 0.25) is 0 Å². The molecule has 70 valence electrons. The normalized spacial score (nSPS) is 39.8. The second-order valence-corrected chi connectivity index (χ2v) is 4.79. The molecule has 2 fully saturated rings. The van der Waals surface area contributed by atoms with Crippen LogP contribution >= 0.6 is 0 Å². The summed E-state index contributed by atoms with van der Waals surface area (Å²) in [5.74, 6) is 3.27. The molecule has 0 N–H and O–H groups in total. The quantitative estimate of drug-likeness (QED) is 0.624. The summed E-state index contributed by atoms with van der Waals surface area (Å²) in [6.45, 7) is 4.83. The molecule has 2 aliphatic rings. The first-order chi connectivity index (χ1) is 5.79. The van der Waals surface area contributed by atoms with Crippen molar-refractivity contribution in [2.75, 3.05) is 20.1 Å². The van der Waals surface area contributed by atoms with Crippen LogP contribution in [0.25, 0.3) is 0 Å². The predicted octanol–water partition coefficient (Wildman–Crippen LogP) is 2.37. The Bertz CT molecular complexity index is 155. The molecule has 0 amide bonds. The van der Waals surface area contributed by atoms with E-state index in [1.807, 2.05) is 0 Å². The average Bonchev–Trinajstić information content (AvgIpc) is 2.64. The van der Waals surface area contributed by atoms with Gasteiger partial charge in [-0.25, -0.2) is 0 Å². The highest BCUT2D eigenvalue weighted by atomic mass is 15.1. The summed E-state index contributed by atoms with van der Waals surface area (Å²) in [4.78, 5) is 2.48. The van der Waals surface area contributed by atoms with Gasteiger partial charge in [-0.05, 0) is 50.6 Å². The van der Waals surface area contributed by atoms with E-state index in [-0.39, 0.29) is 0 Å². The lowest BCUT2D eigenvalue weighted by Gasteiger charge is -2.26. The smallest absolute Gasteiger partial charge is 0.000924 e. The van der Waals surface area contributed by atoms with Gasteiger partial charge in [-0.3, -0.25) is 0 Å². The Hall–Kier alpha value is -0.0400. The zero-order valence-corrected chi connectivity index (χ0v) is 8.42. The lowest BCUT2D eigenvalue weighted by Crippen LogP contribution is -2.28. The zero-order valence-electron chi connectivity index (χ0n) is 8.42. The molecule has 0 aromatic heterocycles. The Morgan fingerprint density at radius 3 is 2.58 bits per heavy atom. The van der Waals surface area contributed by atoms with Gasteiger partial charge in [-0.1, -0.05) is 13.3 Å². The maximum absolute atomic E-state index is 2.48. The molecule has 3 atom stereocenters. The average molecular weight is 167 g/mol. The molecule has 3 unspecified atom stereocenters. The van der Waals surface area contributed by atoms with Gasteiger partial charge in [0.2, 0.25) is 0 Å². The second kappa shape index (κ2) is 3.37. The van der Waals surface area contributed by atoms with Crippen LogP contribution in [0, 0.1) is 17.8 Å². The van der Waals surface area contributed by atoms with Gasteiger partial charge in [0, 0.05) is 6.54 Å². The largest absolute Gasteiger partial charge is 0.306 e. The zero-order chi connectivity index (χ0) is 8.55. The molecule has 0 aromatic carbocycles. The maximum atomic E-state index is 2.48. The number of rotatable bonds is 3. The molecule has 12 heavy (non-hydrogen) atoms. The van der Waals surface area contributed by atoms with Crippen LogP contribution in [-0.2, 0) is 0 Å². The Morgan fingerprint density at radius 1 is 1.25 bits per heavy atom. The first kappa shape index (κ1) is 8.55. The minimum absolute atomic E-state index is 1.05. The molecule has 1 heteroatoms. The molecule has 2 rings (SSSR count). The standard InChI is InChI=1S/C11H21N/c1-3-12(2)8-11-7-9-4-5-10(11)6-9/h9-11H,3-8H2,1-2H3. The molecule has 2 saturated carbocycles. The number of hydrogen-bond acceptors (Lipinski definition) is 1. The van der Waals surface area contributed by atoms with Crippen LogP contribution in [0.15, 0.2) is 0 Å². The molecule has 0 saturated heterocycles. The Morgan fingerprint density at radius 2 is 2.08 bits per heavy atom. The molecule has 0 spiro atoms. The summed E-state index contributed by atoms with van der Waals surface area (Å²) in [5.41, 5.74) is 0. The molecule has 2 aliphatic carbocycles. The van der Waals surface area contributed by atoms with Crippen molar-refractivity contribution in [3.8, 4) is 0 Å². The van der Waals surface area contributed by atoms with Crippen molar-refractivity contribution in [1.82, 2.24) is 4.90 Å². The van der Waals surface area contributed by atoms with E-state index in [9.17, 15) is 0 Å². The fourth-order valence-electron chi connectivity index (χ4n) is 3.13. The first-order valence-electron chi connectivity index (χ1n) is 5.48. The molecule has 0 aliphatic heterocycles. The molecular formula is C11H21N. The summed E-state index contributed by atoms with van der Waals surface area (Å²) in [7, 11) is 2.26. The van der Waals surface area contributed by atoms with E-state index in [4.69, 9.17) is 0 Å². The first-order valence-corrected chi connectivity index (χ1v) is 5.48. The van der Waals surface area contributed by atoms with Crippen molar-refractivity contribution >= 4 is 0 Å². The third-order valence-electron chi connectivity index (χ3n) is 3.97. The molecular weight excluding hydrogens is 146 g/mol. The summed E-state index contributed by atoms with van der Waals surface area (Å²) < 4.78 is 0. The van der Waals surface area contributed by atoms with E-state index in [0.717, 1.165) is 17.8 Å². The van der Waals surface area contributed by atoms with Crippen molar-refractivity contribution < 1.29 is 0 Å². The van der Waals surface area contributed by atoms with E-state index >= 15 is 0 Å². The molecule has 2 bridgehead atoms. The van der Waals surface area contributed by atoms with Crippen molar-refractivity contribution in [3.63, 3.8) is 0 Å². The second-order valence-electron chi connectivity index (χ2n) is 4.79. The maximum Gasteiger partial charge on any atom is 0.000924 e. The highest BCUT2D eigenvalue weighted by Crippen LogP contribution is 2.48. The van der Waals surface area contributed by atoms with E-state index < -0.39 is 0 Å². The Balaban J connectivity index is 1.82. The van der Waals surface area contributed by atoms with E-state index in [1.54, 1.807) is 6.42 Å². The van der Waals surface area contributed by atoms with Crippen molar-refractivity contribution in [2.45, 2.75) is 32.6 Å². The van der Waals surface area contributed by atoms with Crippen LogP contribution in [0.3, 0.4) is 0 Å². The van der Waals surface area contributed by atoms with E-state index in [2.05, 4.69) is 18.9 Å². The van der Waals surface area contributed by atoms with Gasteiger partial charge >= 0.3 is 0 Å². The minimum atomic E-state index is 1.05. The van der Waals surface area contributed by atoms with Crippen molar-refractivity contribution in [3.05, 3.63) is 0 Å². The molecule has 0 aromatic rings. The van der Waals surface area contributed by atoms with E-state index in [0.29, 0.717) is 0 Å². The highest BCUT2D eigenvalue weighted by molar-refractivity contribution is 4.90. The SMILES string of the molecule is CCN(C)CC1CC2CCC1C2.